The molecule has 0 radical (unpaired) electrons. The lowest BCUT2D eigenvalue weighted by atomic mass is 9.94. The maximum atomic E-state index is 12.3. The fourth-order valence-electron chi connectivity index (χ4n) is 6.27. The third-order valence-corrected chi connectivity index (χ3v) is 8.93. The topological polar surface area (TPSA) is 325 Å². The van der Waals surface area contributed by atoms with Crippen LogP contribution in [-0.2, 0) is 42.7 Å². The second kappa shape index (κ2) is 16.7. The summed E-state index contributed by atoms with van der Waals surface area (Å²) in [4.78, 5) is 24.1. The summed E-state index contributed by atoms with van der Waals surface area (Å²) in [6.45, 7) is 3.50. The number of aliphatic hydroxyl groups excluding tert-OH is 10. The molecule has 284 valence electrons. The van der Waals surface area contributed by atoms with Crippen LogP contribution >= 0.6 is 0 Å². The molecule has 4 saturated heterocycles. The first-order valence-corrected chi connectivity index (χ1v) is 15.8. The summed E-state index contributed by atoms with van der Waals surface area (Å²) < 4.78 is 39.7. The monoisotopic (exact) mass is 716 g/mol. The first-order valence-electron chi connectivity index (χ1n) is 15.8. The van der Waals surface area contributed by atoms with Crippen molar-refractivity contribution in [3.63, 3.8) is 0 Å². The van der Waals surface area contributed by atoms with Crippen LogP contribution < -0.4 is 10.6 Å². The van der Waals surface area contributed by atoms with Gasteiger partial charge in [0.15, 0.2) is 25.2 Å². The highest BCUT2D eigenvalue weighted by atomic mass is 16.8. The minimum absolute atomic E-state index is 0.634. The molecular weight excluding hydrogens is 668 g/mol. The van der Waals surface area contributed by atoms with Gasteiger partial charge in [0.2, 0.25) is 11.8 Å². The van der Waals surface area contributed by atoms with Crippen LogP contribution in [0.3, 0.4) is 0 Å². The Balaban J connectivity index is 1.54. The van der Waals surface area contributed by atoms with Crippen LogP contribution in [0.4, 0.5) is 0 Å². The number of carbonyl (C=O) groups is 2. The standard InChI is InChI=1S/C28H48N2O19/c1-7-15(35)18(38)20(40)27(43-7)49-24-14(30-10(4)34)26(46-12(6-32)17(24)37)47-22-8(2)44-28(21(41)19(22)39)48-23-13(29-9(3)33)25(42)45-11(5-31)16(23)36/h7-8,11-28,31-32,35-42H,5-6H2,1-4H3,(H,29,33)(H,30,34)/t7?,8-,11-,12?,13?,14?,15+,16+,17+,18-,19?,20?,21?,22+,23?,24+,25?,26-,27-,28-/m0/s1. The van der Waals surface area contributed by atoms with E-state index in [9.17, 15) is 60.7 Å². The van der Waals surface area contributed by atoms with E-state index in [0.717, 1.165) is 13.8 Å². The molecule has 4 aliphatic heterocycles. The number of nitrogens with one attached hydrogen (secondary N) is 2. The summed E-state index contributed by atoms with van der Waals surface area (Å²) in [5.74, 6) is -1.31. The number of carbonyl (C=O) groups excluding carboxylic acids is 2. The molecule has 0 aromatic rings. The predicted molar refractivity (Wildman–Crippen MR) is 154 cm³/mol. The number of hydrogen-bond donors (Lipinski definition) is 12. The zero-order chi connectivity index (χ0) is 36.5. The molecule has 9 unspecified atom stereocenters. The molecule has 0 aromatic heterocycles. The zero-order valence-corrected chi connectivity index (χ0v) is 27.1. The summed E-state index contributed by atoms with van der Waals surface area (Å²) in [5, 5.41) is 110. The van der Waals surface area contributed by atoms with Crippen molar-refractivity contribution in [1.82, 2.24) is 10.6 Å². The van der Waals surface area contributed by atoms with Crippen molar-refractivity contribution in [1.29, 1.82) is 0 Å². The Kier molecular flexibility index (Phi) is 13.7. The minimum Gasteiger partial charge on any atom is -0.394 e. The number of aliphatic hydroxyl groups is 10. The van der Waals surface area contributed by atoms with Crippen molar-refractivity contribution >= 4 is 11.8 Å². The average Bonchev–Trinajstić information content (AvgIpc) is 3.04. The van der Waals surface area contributed by atoms with Gasteiger partial charge in [-0.2, -0.15) is 0 Å². The van der Waals surface area contributed by atoms with E-state index in [2.05, 4.69) is 10.6 Å². The van der Waals surface area contributed by atoms with Gasteiger partial charge in [0.1, 0.15) is 85.3 Å². The summed E-state index contributed by atoms with van der Waals surface area (Å²) in [6.07, 6.45) is -28.3. The van der Waals surface area contributed by atoms with E-state index in [1.165, 1.54) is 13.8 Å². The lowest BCUT2D eigenvalue weighted by molar-refractivity contribution is -0.370. The maximum Gasteiger partial charge on any atom is 0.217 e. The molecule has 4 heterocycles. The lowest BCUT2D eigenvalue weighted by Gasteiger charge is -2.50. The van der Waals surface area contributed by atoms with Gasteiger partial charge in [-0.05, 0) is 13.8 Å². The highest BCUT2D eigenvalue weighted by Crippen LogP contribution is 2.34. The number of ether oxygens (including phenoxy) is 7. The smallest absolute Gasteiger partial charge is 0.217 e. The third-order valence-electron chi connectivity index (χ3n) is 8.93. The van der Waals surface area contributed by atoms with E-state index < -0.39 is 148 Å². The van der Waals surface area contributed by atoms with Gasteiger partial charge in [-0.3, -0.25) is 9.59 Å². The van der Waals surface area contributed by atoms with Crippen LogP contribution in [0.5, 0.6) is 0 Å². The van der Waals surface area contributed by atoms with Crippen LogP contribution in [0, 0.1) is 0 Å². The first-order chi connectivity index (χ1) is 23.0. The Morgan fingerprint density at radius 2 is 0.980 bits per heavy atom. The largest absolute Gasteiger partial charge is 0.394 e. The predicted octanol–water partition coefficient (Wildman–Crippen LogP) is -7.41. The molecule has 0 saturated carbocycles. The van der Waals surface area contributed by atoms with Crippen LogP contribution in [0.25, 0.3) is 0 Å². The van der Waals surface area contributed by atoms with Crippen molar-refractivity contribution in [2.45, 2.75) is 150 Å². The van der Waals surface area contributed by atoms with Gasteiger partial charge >= 0.3 is 0 Å². The Morgan fingerprint density at radius 3 is 1.51 bits per heavy atom. The Labute approximate surface area is 280 Å². The number of amides is 2. The van der Waals surface area contributed by atoms with E-state index in [4.69, 9.17) is 33.2 Å². The Hall–Kier alpha value is -1.74. The SMILES string of the molecule is CC(=O)NC1C(O)O[C@@H](CO)[C@@H](O)C1O[C@@H]1O[C@@H](C)[C@@H](O[C@@H]2OC(CO)[C@@H](O)[C@H](O[C@@H]3OC(C)[C@@H](O)[C@H](O)C3O)C2NC(C)=O)C(O)C1O. The Morgan fingerprint density at radius 1 is 0.531 bits per heavy atom. The molecule has 2 amide bonds. The molecule has 4 fully saturated rings. The highest BCUT2D eigenvalue weighted by molar-refractivity contribution is 5.73. The van der Waals surface area contributed by atoms with Crippen molar-refractivity contribution in [2.24, 2.45) is 0 Å². The third kappa shape index (κ3) is 8.67. The fraction of sp³-hybridized carbons (Fsp3) is 0.929. The van der Waals surface area contributed by atoms with E-state index in [1.807, 2.05) is 0 Å². The molecule has 4 aliphatic rings. The molecule has 0 bridgehead atoms. The van der Waals surface area contributed by atoms with Gasteiger partial charge in [-0.15, -0.1) is 0 Å². The van der Waals surface area contributed by atoms with Gasteiger partial charge in [0, 0.05) is 13.8 Å². The molecule has 12 N–H and O–H groups in total. The normalized spacial score (nSPS) is 49.3. The van der Waals surface area contributed by atoms with Crippen LogP contribution in [0.2, 0.25) is 0 Å². The highest BCUT2D eigenvalue weighted by Gasteiger charge is 2.55. The minimum atomic E-state index is -1.92. The first kappa shape index (κ1) is 40.0. The van der Waals surface area contributed by atoms with Crippen molar-refractivity contribution < 1.29 is 93.8 Å². The van der Waals surface area contributed by atoms with E-state index in [1.54, 1.807) is 0 Å². The quantitative estimate of drug-likeness (QED) is 0.0999. The summed E-state index contributed by atoms with van der Waals surface area (Å²) in [5.41, 5.74) is 0. The van der Waals surface area contributed by atoms with Crippen molar-refractivity contribution in [3.05, 3.63) is 0 Å². The molecule has 0 spiro atoms. The molecule has 4 rings (SSSR count). The van der Waals surface area contributed by atoms with Crippen LogP contribution in [0.1, 0.15) is 27.7 Å². The summed E-state index contributed by atoms with van der Waals surface area (Å²) in [6, 6.07) is -2.83. The molecule has 49 heavy (non-hydrogen) atoms. The van der Waals surface area contributed by atoms with Crippen molar-refractivity contribution in [3.8, 4) is 0 Å². The molecule has 0 aliphatic carbocycles. The van der Waals surface area contributed by atoms with Gasteiger partial charge in [-0.25, -0.2) is 0 Å². The van der Waals surface area contributed by atoms with E-state index in [-0.39, 0.29) is 0 Å². The molecule has 21 nitrogen and oxygen atoms in total. The van der Waals surface area contributed by atoms with Gasteiger partial charge < -0.3 is 94.9 Å². The molecule has 20 atom stereocenters. The maximum absolute atomic E-state index is 12.3. The second-order valence-electron chi connectivity index (χ2n) is 12.6. The molecule has 0 aromatic carbocycles. The van der Waals surface area contributed by atoms with Crippen LogP contribution in [-0.4, -0.2) is 199 Å². The fourth-order valence-corrected chi connectivity index (χ4v) is 6.27. The summed E-state index contributed by atoms with van der Waals surface area (Å²) in [7, 11) is 0. The average molecular weight is 717 g/mol. The van der Waals surface area contributed by atoms with Gasteiger partial charge in [-0.1, -0.05) is 0 Å². The van der Waals surface area contributed by atoms with E-state index in [0.29, 0.717) is 0 Å². The van der Waals surface area contributed by atoms with Gasteiger partial charge in [0.05, 0.1) is 25.4 Å². The van der Waals surface area contributed by atoms with E-state index >= 15 is 0 Å². The summed E-state index contributed by atoms with van der Waals surface area (Å²) >= 11 is 0. The van der Waals surface area contributed by atoms with Gasteiger partial charge in [0.25, 0.3) is 0 Å². The number of rotatable bonds is 10. The Bertz CT molecular complexity index is 1110. The number of hydrogen-bond acceptors (Lipinski definition) is 19. The molecular formula is C28H48N2O19. The lowest BCUT2D eigenvalue weighted by Crippen LogP contribution is -2.70. The van der Waals surface area contributed by atoms with Crippen LogP contribution in [0.15, 0.2) is 0 Å². The second-order valence-corrected chi connectivity index (χ2v) is 12.6. The van der Waals surface area contributed by atoms with Crippen molar-refractivity contribution in [2.75, 3.05) is 13.2 Å². The molecule has 21 heteroatoms. The zero-order valence-electron chi connectivity index (χ0n) is 27.1.